The van der Waals surface area contributed by atoms with Crippen molar-refractivity contribution in [1.82, 2.24) is 19.5 Å². The van der Waals surface area contributed by atoms with Crippen molar-refractivity contribution < 1.29 is 5.11 Å². The van der Waals surface area contributed by atoms with E-state index in [0.717, 1.165) is 39.0 Å². The van der Waals surface area contributed by atoms with E-state index >= 15 is 0 Å². The maximum Gasteiger partial charge on any atom is 0.144 e. The fourth-order valence-corrected chi connectivity index (χ4v) is 4.28. The SMILES string of the molecule is Cc1ccc(O)c(-c2nc3c(-c4cc(-c5ccccn5)cc(C(C)(C)C)c4)cncc3n2C)c1. The van der Waals surface area contributed by atoms with Crippen molar-refractivity contribution in [3.05, 3.63) is 84.3 Å². The molecular weight excluding hydrogens is 420 g/mol. The summed E-state index contributed by atoms with van der Waals surface area (Å²) < 4.78 is 1.99. The minimum Gasteiger partial charge on any atom is -0.507 e. The highest BCUT2D eigenvalue weighted by Gasteiger charge is 2.20. The third kappa shape index (κ3) is 3.83. The number of nitrogens with zero attached hydrogens (tertiary/aromatic N) is 4. The first-order valence-corrected chi connectivity index (χ1v) is 11.4. The summed E-state index contributed by atoms with van der Waals surface area (Å²) in [5, 5.41) is 10.5. The van der Waals surface area contributed by atoms with Crippen molar-refractivity contribution in [1.29, 1.82) is 0 Å². The Hall–Kier alpha value is -3.99. The average molecular weight is 449 g/mol. The van der Waals surface area contributed by atoms with Gasteiger partial charge in [-0.2, -0.15) is 0 Å². The van der Waals surface area contributed by atoms with Crippen LogP contribution in [-0.2, 0) is 12.5 Å². The molecule has 3 heterocycles. The molecule has 5 heteroatoms. The van der Waals surface area contributed by atoms with Gasteiger partial charge in [-0.05, 0) is 59.9 Å². The van der Waals surface area contributed by atoms with E-state index in [1.54, 1.807) is 6.07 Å². The number of phenolic OH excluding ortho intramolecular Hbond substituents is 1. The molecule has 0 saturated heterocycles. The fraction of sp³-hybridized carbons (Fsp3) is 0.207. The van der Waals surface area contributed by atoms with Crippen LogP contribution in [0.3, 0.4) is 0 Å². The van der Waals surface area contributed by atoms with Crippen molar-refractivity contribution in [3.63, 3.8) is 0 Å². The number of rotatable bonds is 3. The fourth-order valence-electron chi connectivity index (χ4n) is 4.28. The van der Waals surface area contributed by atoms with Crippen LogP contribution in [0.15, 0.2) is 73.2 Å². The van der Waals surface area contributed by atoms with Gasteiger partial charge in [0.15, 0.2) is 0 Å². The Morgan fingerprint density at radius 1 is 0.882 bits per heavy atom. The minimum atomic E-state index is -0.0382. The van der Waals surface area contributed by atoms with Crippen LogP contribution in [0.25, 0.3) is 44.8 Å². The molecule has 0 unspecified atom stereocenters. The van der Waals surface area contributed by atoms with E-state index in [-0.39, 0.29) is 11.2 Å². The van der Waals surface area contributed by atoms with Gasteiger partial charge in [-0.15, -0.1) is 0 Å². The number of aryl methyl sites for hydroxylation is 2. The second kappa shape index (κ2) is 8.10. The van der Waals surface area contributed by atoms with Crippen molar-refractivity contribution in [2.24, 2.45) is 7.05 Å². The number of hydrogen-bond acceptors (Lipinski definition) is 4. The predicted molar refractivity (Wildman–Crippen MR) is 138 cm³/mol. The maximum absolute atomic E-state index is 10.5. The monoisotopic (exact) mass is 448 g/mol. The lowest BCUT2D eigenvalue weighted by molar-refractivity contribution is 0.476. The molecule has 0 aliphatic heterocycles. The Morgan fingerprint density at radius 3 is 2.41 bits per heavy atom. The third-order valence-electron chi connectivity index (χ3n) is 6.26. The zero-order valence-electron chi connectivity index (χ0n) is 20.2. The van der Waals surface area contributed by atoms with Gasteiger partial charge < -0.3 is 9.67 Å². The van der Waals surface area contributed by atoms with E-state index in [9.17, 15) is 5.11 Å². The second-order valence-corrected chi connectivity index (χ2v) is 9.83. The Morgan fingerprint density at radius 2 is 1.68 bits per heavy atom. The molecule has 5 rings (SSSR count). The summed E-state index contributed by atoms with van der Waals surface area (Å²) in [6, 6.07) is 18.1. The van der Waals surface area contributed by atoms with Gasteiger partial charge in [-0.1, -0.05) is 44.5 Å². The minimum absolute atomic E-state index is 0.0382. The molecule has 0 bridgehead atoms. The van der Waals surface area contributed by atoms with Gasteiger partial charge in [0, 0.05) is 30.6 Å². The number of pyridine rings is 2. The van der Waals surface area contributed by atoms with Crippen LogP contribution in [0.5, 0.6) is 5.75 Å². The van der Waals surface area contributed by atoms with Gasteiger partial charge in [0.1, 0.15) is 17.1 Å². The first-order valence-electron chi connectivity index (χ1n) is 11.4. The van der Waals surface area contributed by atoms with E-state index in [2.05, 4.69) is 48.9 Å². The van der Waals surface area contributed by atoms with Crippen LogP contribution in [0.4, 0.5) is 0 Å². The molecule has 0 atom stereocenters. The molecule has 2 aromatic carbocycles. The third-order valence-corrected chi connectivity index (χ3v) is 6.26. The normalized spacial score (nSPS) is 11.8. The number of hydrogen-bond donors (Lipinski definition) is 1. The molecule has 5 nitrogen and oxygen atoms in total. The molecule has 0 radical (unpaired) electrons. The van der Waals surface area contributed by atoms with Crippen molar-refractivity contribution in [3.8, 4) is 39.5 Å². The smallest absolute Gasteiger partial charge is 0.144 e. The molecule has 1 N–H and O–H groups in total. The van der Waals surface area contributed by atoms with Crippen molar-refractivity contribution >= 4 is 11.0 Å². The molecule has 0 aliphatic rings. The lowest BCUT2D eigenvalue weighted by Crippen LogP contribution is -2.11. The second-order valence-electron chi connectivity index (χ2n) is 9.83. The van der Waals surface area contributed by atoms with Gasteiger partial charge >= 0.3 is 0 Å². The lowest BCUT2D eigenvalue weighted by atomic mass is 9.84. The van der Waals surface area contributed by atoms with Crippen LogP contribution >= 0.6 is 0 Å². The van der Waals surface area contributed by atoms with Gasteiger partial charge in [-0.3, -0.25) is 9.97 Å². The van der Waals surface area contributed by atoms with Crippen LogP contribution in [-0.4, -0.2) is 24.6 Å². The summed E-state index contributed by atoms with van der Waals surface area (Å²) in [5.74, 6) is 0.924. The van der Waals surface area contributed by atoms with Gasteiger partial charge in [0.2, 0.25) is 0 Å². The molecule has 0 saturated carbocycles. The predicted octanol–water partition coefficient (Wildman–Crippen LogP) is 6.68. The highest BCUT2D eigenvalue weighted by atomic mass is 16.3. The van der Waals surface area contributed by atoms with Crippen LogP contribution < -0.4 is 0 Å². The topological polar surface area (TPSA) is 63.8 Å². The van der Waals surface area contributed by atoms with E-state index in [1.165, 1.54) is 5.56 Å². The largest absolute Gasteiger partial charge is 0.507 e. The summed E-state index contributed by atoms with van der Waals surface area (Å²) in [6.07, 6.45) is 5.52. The quantitative estimate of drug-likeness (QED) is 0.334. The Bertz CT molecular complexity index is 1510. The van der Waals surface area contributed by atoms with E-state index in [0.29, 0.717) is 11.4 Å². The van der Waals surface area contributed by atoms with Crippen LogP contribution in [0, 0.1) is 6.92 Å². The molecule has 34 heavy (non-hydrogen) atoms. The molecule has 5 aromatic rings. The first-order chi connectivity index (χ1) is 16.2. The summed E-state index contributed by atoms with van der Waals surface area (Å²) in [4.78, 5) is 14.1. The highest BCUT2D eigenvalue weighted by molar-refractivity contribution is 5.94. The first kappa shape index (κ1) is 21.8. The zero-order valence-corrected chi connectivity index (χ0v) is 20.2. The highest BCUT2D eigenvalue weighted by Crippen LogP contribution is 2.37. The number of fused-ring (bicyclic) bond motifs is 1. The Kier molecular flexibility index (Phi) is 5.20. The Labute approximate surface area is 199 Å². The van der Waals surface area contributed by atoms with Gasteiger partial charge in [-0.25, -0.2) is 4.98 Å². The number of imidazole rings is 1. The molecule has 3 aromatic heterocycles. The lowest BCUT2D eigenvalue weighted by Gasteiger charge is -2.21. The number of aromatic nitrogens is 4. The molecule has 0 amide bonds. The summed E-state index contributed by atoms with van der Waals surface area (Å²) >= 11 is 0. The molecular formula is C29H28N4O. The van der Waals surface area contributed by atoms with Crippen molar-refractivity contribution in [2.45, 2.75) is 33.1 Å². The summed E-state index contributed by atoms with van der Waals surface area (Å²) in [6.45, 7) is 8.65. The summed E-state index contributed by atoms with van der Waals surface area (Å²) in [7, 11) is 1.96. The van der Waals surface area contributed by atoms with Crippen molar-refractivity contribution in [2.75, 3.05) is 0 Å². The molecule has 0 aliphatic carbocycles. The standard InChI is InChI=1S/C29H28N4O/c1-18-9-10-26(34)22(12-18)28-32-27-23(16-30-17-25(27)33(28)5)19-13-20(24-8-6-7-11-31-24)15-21(14-19)29(2,3)4/h6-17,34H,1-5H3. The average Bonchev–Trinajstić information content (AvgIpc) is 3.17. The zero-order chi connectivity index (χ0) is 24.0. The van der Waals surface area contributed by atoms with E-state index in [1.807, 2.05) is 67.5 Å². The number of aromatic hydroxyl groups is 1. The van der Waals surface area contributed by atoms with E-state index in [4.69, 9.17) is 4.98 Å². The maximum atomic E-state index is 10.5. The number of benzene rings is 2. The van der Waals surface area contributed by atoms with Crippen LogP contribution in [0.2, 0.25) is 0 Å². The summed E-state index contributed by atoms with van der Waals surface area (Å²) in [5.41, 5.74) is 8.71. The molecule has 0 spiro atoms. The molecule has 170 valence electrons. The molecule has 0 fully saturated rings. The van der Waals surface area contributed by atoms with Gasteiger partial charge in [0.05, 0.1) is 23.0 Å². The van der Waals surface area contributed by atoms with E-state index < -0.39 is 0 Å². The Balaban J connectivity index is 1.76. The van der Waals surface area contributed by atoms with Gasteiger partial charge in [0.25, 0.3) is 0 Å². The van der Waals surface area contributed by atoms with Crippen LogP contribution in [0.1, 0.15) is 31.9 Å². The number of phenols is 1.